The van der Waals surface area contributed by atoms with E-state index in [1.807, 2.05) is 0 Å². The molecular weight excluding hydrogens is 192 g/mol. The fourth-order valence-electron chi connectivity index (χ4n) is 2.34. The number of rotatable bonds is 1. The summed E-state index contributed by atoms with van der Waals surface area (Å²) in [6, 6.07) is 0. The van der Waals surface area contributed by atoms with Gasteiger partial charge in [-0.3, -0.25) is 4.79 Å². The molecule has 3 nitrogen and oxygen atoms in total. The molecule has 1 saturated carbocycles. The predicted molar refractivity (Wildman–Crippen MR) is 56.2 cm³/mol. The third-order valence-electron chi connectivity index (χ3n) is 3.22. The van der Waals surface area contributed by atoms with Crippen molar-refractivity contribution in [3.63, 3.8) is 0 Å². The van der Waals surface area contributed by atoms with E-state index in [0.29, 0.717) is 12.0 Å². The van der Waals surface area contributed by atoms with E-state index in [4.69, 9.17) is 0 Å². The lowest BCUT2D eigenvalue weighted by Crippen LogP contribution is -2.35. The van der Waals surface area contributed by atoms with E-state index in [9.17, 15) is 15.0 Å². The monoisotopic (exact) mass is 208 g/mol. The molecule has 0 spiro atoms. The summed E-state index contributed by atoms with van der Waals surface area (Å²) in [6.45, 7) is 0. The molecule has 15 heavy (non-hydrogen) atoms. The first-order valence-electron chi connectivity index (χ1n) is 5.47. The van der Waals surface area contributed by atoms with Gasteiger partial charge < -0.3 is 10.2 Å². The van der Waals surface area contributed by atoms with Gasteiger partial charge in [-0.05, 0) is 18.4 Å². The maximum atomic E-state index is 11.7. The third-order valence-corrected chi connectivity index (χ3v) is 3.22. The van der Waals surface area contributed by atoms with Crippen LogP contribution in [0.1, 0.15) is 25.7 Å². The van der Waals surface area contributed by atoms with Crippen LogP contribution in [0.3, 0.4) is 0 Å². The van der Waals surface area contributed by atoms with E-state index < -0.39 is 12.2 Å². The van der Waals surface area contributed by atoms with Gasteiger partial charge in [-0.25, -0.2) is 0 Å². The summed E-state index contributed by atoms with van der Waals surface area (Å²) in [5.41, 5.74) is 0.690. The highest BCUT2D eigenvalue weighted by Gasteiger charge is 2.32. The number of aliphatic hydroxyl groups is 2. The van der Waals surface area contributed by atoms with Crippen LogP contribution >= 0.6 is 0 Å². The van der Waals surface area contributed by atoms with Crippen LogP contribution in [0.5, 0.6) is 0 Å². The first kappa shape index (κ1) is 10.6. The second-order valence-corrected chi connectivity index (χ2v) is 4.25. The molecule has 2 aliphatic rings. The van der Waals surface area contributed by atoms with Crippen LogP contribution in [0, 0.1) is 5.92 Å². The zero-order valence-electron chi connectivity index (χ0n) is 8.60. The zero-order valence-corrected chi connectivity index (χ0v) is 8.60. The molecule has 3 heteroatoms. The summed E-state index contributed by atoms with van der Waals surface area (Å²) in [4.78, 5) is 11.7. The van der Waals surface area contributed by atoms with Crippen LogP contribution in [0.15, 0.2) is 23.8 Å². The molecule has 0 radical (unpaired) electrons. The highest BCUT2D eigenvalue weighted by Crippen LogP contribution is 2.31. The Labute approximate surface area is 89.1 Å². The van der Waals surface area contributed by atoms with Crippen LogP contribution in [0.4, 0.5) is 0 Å². The molecule has 0 aromatic heterocycles. The molecule has 0 aromatic rings. The van der Waals surface area contributed by atoms with Gasteiger partial charge in [0.05, 0.1) is 0 Å². The number of carbonyl (C=O) groups is 1. The first-order chi connectivity index (χ1) is 7.20. The highest BCUT2D eigenvalue weighted by atomic mass is 16.3. The topological polar surface area (TPSA) is 57.5 Å². The van der Waals surface area contributed by atoms with Crippen molar-refractivity contribution in [3.05, 3.63) is 23.8 Å². The normalized spacial score (nSPS) is 36.5. The molecule has 0 bridgehead atoms. The van der Waals surface area contributed by atoms with E-state index in [1.54, 1.807) is 18.2 Å². The second-order valence-electron chi connectivity index (χ2n) is 4.25. The Hall–Kier alpha value is -0.930. The summed E-state index contributed by atoms with van der Waals surface area (Å²) in [6.07, 6.45) is 6.66. The Morgan fingerprint density at radius 3 is 2.80 bits per heavy atom. The molecule has 2 N–H and O–H groups in total. The average Bonchev–Trinajstić information content (AvgIpc) is 2.23. The summed E-state index contributed by atoms with van der Waals surface area (Å²) < 4.78 is 0. The molecule has 82 valence electrons. The fourth-order valence-corrected chi connectivity index (χ4v) is 2.34. The predicted octanol–water partition coefficient (Wildman–Crippen LogP) is 0.964. The number of Topliss-reactive ketones (excluding diaryl/α,β-unsaturated/α-hetero) is 1. The number of aliphatic hydroxyl groups excluding tert-OH is 2. The van der Waals surface area contributed by atoms with Crippen molar-refractivity contribution >= 4 is 5.78 Å². The third kappa shape index (κ3) is 2.03. The van der Waals surface area contributed by atoms with Gasteiger partial charge in [-0.1, -0.05) is 24.6 Å². The zero-order chi connectivity index (χ0) is 10.8. The Kier molecular flexibility index (Phi) is 3.03. The molecular formula is C12H16O3. The highest BCUT2D eigenvalue weighted by molar-refractivity contribution is 5.84. The van der Waals surface area contributed by atoms with Crippen LogP contribution in [0.25, 0.3) is 0 Å². The molecule has 2 rings (SSSR count). The Morgan fingerprint density at radius 1 is 1.27 bits per heavy atom. The number of carbonyl (C=O) groups excluding carboxylic acids is 1. The first-order valence-corrected chi connectivity index (χ1v) is 5.47. The van der Waals surface area contributed by atoms with Gasteiger partial charge in [0.2, 0.25) is 0 Å². The Bertz CT molecular complexity index is 317. The second kappa shape index (κ2) is 4.29. The molecule has 1 fully saturated rings. The van der Waals surface area contributed by atoms with Crippen LogP contribution < -0.4 is 0 Å². The maximum Gasteiger partial charge on any atom is 0.140 e. The molecule has 0 amide bonds. The number of hydrogen-bond donors (Lipinski definition) is 2. The molecule has 3 atom stereocenters. The number of ketones is 1. The molecule has 0 saturated heterocycles. The van der Waals surface area contributed by atoms with Gasteiger partial charge in [-0.15, -0.1) is 0 Å². The van der Waals surface area contributed by atoms with E-state index in [1.165, 1.54) is 0 Å². The van der Waals surface area contributed by atoms with E-state index in [0.717, 1.165) is 19.3 Å². The lowest BCUT2D eigenvalue weighted by atomic mass is 9.78. The molecule has 2 aliphatic carbocycles. The van der Waals surface area contributed by atoms with Gasteiger partial charge in [-0.2, -0.15) is 0 Å². The summed E-state index contributed by atoms with van der Waals surface area (Å²) in [5.74, 6) is 0.0300. The van der Waals surface area contributed by atoms with Gasteiger partial charge in [0.1, 0.15) is 18.0 Å². The average molecular weight is 208 g/mol. The fraction of sp³-hybridized carbons (Fsp3) is 0.583. The summed E-state index contributed by atoms with van der Waals surface area (Å²) >= 11 is 0. The van der Waals surface area contributed by atoms with Gasteiger partial charge in [0.25, 0.3) is 0 Å². The minimum absolute atomic E-state index is 0.173. The van der Waals surface area contributed by atoms with Crippen LogP contribution in [-0.4, -0.2) is 28.2 Å². The lowest BCUT2D eigenvalue weighted by Gasteiger charge is -2.29. The van der Waals surface area contributed by atoms with Crippen LogP contribution in [-0.2, 0) is 4.79 Å². The molecule has 0 heterocycles. The molecule has 0 aromatic carbocycles. The van der Waals surface area contributed by atoms with Crippen molar-refractivity contribution in [3.8, 4) is 0 Å². The number of hydrogen-bond acceptors (Lipinski definition) is 3. The minimum Gasteiger partial charge on any atom is -0.386 e. The van der Waals surface area contributed by atoms with Crippen molar-refractivity contribution < 1.29 is 15.0 Å². The van der Waals surface area contributed by atoms with Gasteiger partial charge in [0.15, 0.2) is 0 Å². The van der Waals surface area contributed by atoms with Gasteiger partial charge >= 0.3 is 0 Å². The maximum absolute atomic E-state index is 11.7. The van der Waals surface area contributed by atoms with Gasteiger partial charge in [0, 0.05) is 12.3 Å². The summed E-state index contributed by atoms with van der Waals surface area (Å²) in [5, 5.41) is 19.3. The Morgan fingerprint density at radius 2 is 2.07 bits per heavy atom. The summed E-state index contributed by atoms with van der Waals surface area (Å²) in [7, 11) is 0. The van der Waals surface area contributed by atoms with Crippen molar-refractivity contribution in [1.82, 2.24) is 0 Å². The van der Waals surface area contributed by atoms with Crippen molar-refractivity contribution in [1.29, 1.82) is 0 Å². The van der Waals surface area contributed by atoms with Crippen molar-refractivity contribution in [2.45, 2.75) is 37.9 Å². The molecule has 0 aliphatic heterocycles. The van der Waals surface area contributed by atoms with E-state index in [2.05, 4.69) is 0 Å². The van der Waals surface area contributed by atoms with Crippen molar-refractivity contribution in [2.24, 2.45) is 5.92 Å². The standard InChI is InChI=1S/C12H16O3/c13-10-6-2-1-4-8(10)9-5-3-7-11(14)12(9)15/h3,5,7-8,11-12,14-15H,1-2,4,6H2. The molecule has 3 unspecified atom stereocenters. The minimum atomic E-state index is -0.901. The lowest BCUT2D eigenvalue weighted by molar-refractivity contribution is -0.123. The SMILES string of the molecule is O=C1CCCCC1C1=CC=CC(O)C1O. The number of allylic oxidation sites excluding steroid dienone is 2. The van der Waals surface area contributed by atoms with Crippen molar-refractivity contribution in [2.75, 3.05) is 0 Å². The van der Waals surface area contributed by atoms with E-state index in [-0.39, 0.29) is 11.7 Å². The van der Waals surface area contributed by atoms with E-state index >= 15 is 0 Å². The largest absolute Gasteiger partial charge is 0.386 e. The Balaban J connectivity index is 2.18. The smallest absolute Gasteiger partial charge is 0.140 e. The quantitative estimate of drug-likeness (QED) is 0.675. The van der Waals surface area contributed by atoms with Crippen LogP contribution in [0.2, 0.25) is 0 Å².